The lowest BCUT2D eigenvalue weighted by molar-refractivity contribution is 0.104. The molecular weight excluding hydrogens is 268 g/mol. The number of hydrogen-bond donors (Lipinski definition) is 0. The predicted molar refractivity (Wildman–Crippen MR) is 80.8 cm³/mol. The van der Waals surface area contributed by atoms with Crippen molar-refractivity contribution in [3.8, 4) is 11.5 Å². The van der Waals surface area contributed by atoms with Gasteiger partial charge in [-0.25, -0.2) is 0 Å². The normalized spacial score (nSPS) is 10.8. The van der Waals surface area contributed by atoms with Gasteiger partial charge in [0.1, 0.15) is 5.69 Å². The molecule has 2 rings (SSSR count). The van der Waals surface area contributed by atoms with Gasteiger partial charge in [-0.3, -0.25) is 9.48 Å². The average molecular weight is 286 g/mol. The molecular formula is C16H18N2O3. The number of hydrogen-bond acceptors (Lipinski definition) is 4. The van der Waals surface area contributed by atoms with Crippen molar-refractivity contribution in [2.45, 2.75) is 13.5 Å². The third-order valence-electron chi connectivity index (χ3n) is 3.06. The summed E-state index contributed by atoms with van der Waals surface area (Å²) in [6.07, 6.45) is 4.97. The second kappa shape index (κ2) is 6.74. The van der Waals surface area contributed by atoms with Crippen LogP contribution in [-0.2, 0) is 6.54 Å². The van der Waals surface area contributed by atoms with Crippen molar-refractivity contribution in [3.63, 3.8) is 0 Å². The molecule has 5 heteroatoms. The summed E-state index contributed by atoms with van der Waals surface area (Å²) < 4.78 is 12.3. The number of ether oxygens (including phenoxy) is 2. The van der Waals surface area contributed by atoms with Crippen LogP contribution in [0.15, 0.2) is 36.5 Å². The zero-order valence-electron chi connectivity index (χ0n) is 12.4. The van der Waals surface area contributed by atoms with Gasteiger partial charge in [0.15, 0.2) is 11.5 Å². The lowest BCUT2D eigenvalue weighted by atomic mass is 10.1. The zero-order chi connectivity index (χ0) is 15.2. The zero-order valence-corrected chi connectivity index (χ0v) is 12.4. The SMILES string of the molecule is CCn1ccc(C(=O)/C=C/c2cccc(OC)c2OC)n1. The highest BCUT2D eigenvalue weighted by Crippen LogP contribution is 2.31. The van der Waals surface area contributed by atoms with Gasteiger partial charge < -0.3 is 9.47 Å². The molecule has 0 saturated carbocycles. The first kappa shape index (κ1) is 14.8. The van der Waals surface area contributed by atoms with Gasteiger partial charge in [0, 0.05) is 18.3 Å². The first-order valence-electron chi connectivity index (χ1n) is 6.66. The summed E-state index contributed by atoms with van der Waals surface area (Å²) in [5.74, 6) is 1.08. The van der Waals surface area contributed by atoms with Crippen LogP contribution in [-0.4, -0.2) is 29.8 Å². The minimum atomic E-state index is -0.146. The van der Waals surface area contributed by atoms with Crippen LogP contribution in [0.3, 0.4) is 0 Å². The van der Waals surface area contributed by atoms with Crippen molar-refractivity contribution < 1.29 is 14.3 Å². The third-order valence-corrected chi connectivity index (χ3v) is 3.06. The summed E-state index contributed by atoms with van der Waals surface area (Å²) in [6.45, 7) is 2.71. The van der Waals surface area contributed by atoms with Crippen LogP contribution in [0, 0.1) is 0 Å². The van der Waals surface area contributed by atoms with E-state index in [2.05, 4.69) is 5.10 Å². The molecule has 0 aliphatic carbocycles. The number of carbonyl (C=O) groups excluding carboxylic acids is 1. The van der Waals surface area contributed by atoms with Crippen LogP contribution < -0.4 is 9.47 Å². The Labute approximate surface area is 123 Å². The van der Waals surface area contributed by atoms with Crippen LogP contribution in [0.5, 0.6) is 11.5 Å². The maximum absolute atomic E-state index is 12.1. The standard InChI is InChI=1S/C16H18N2O3/c1-4-18-11-10-13(17-18)14(19)9-8-12-6-5-7-15(20-2)16(12)21-3/h5-11H,4H2,1-3H3/b9-8+. The van der Waals surface area contributed by atoms with Gasteiger partial charge in [0.05, 0.1) is 14.2 Å². The summed E-state index contributed by atoms with van der Waals surface area (Å²) in [5.41, 5.74) is 1.20. The fourth-order valence-corrected chi connectivity index (χ4v) is 1.96. The molecule has 110 valence electrons. The highest BCUT2D eigenvalue weighted by molar-refractivity contribution is 6.05. The molecule has 0 radical (unpaired) electrons. The summed E-state index contributed by atoms with van der Waals surface area (Å²) in [6, 6.07) is 7.22. The molecule has 1 heterocycles. The molecule has 1 aromatic heterocycles. The van der Waals surface area contributed by atoms with E-state index >= 15 is 0 Å². The molecule has 21 heavy (non-hydrogen) atoms. The van der Waals surface area contributed by atoms with Crippen molar-refractivity contribution >= 4 is 11.9 Å². The summed E-state index contributed by atoms with van der Waals surface area (Å²) in [4.78, 5) is 12.1. The molecule has 0 fully saturated rings. The fourth-order valence-electron chi connectivity index (χ4n) is 1.96. The van der Waals surface area contributed by atoms with Crippen molar-refractivity contribution in [2.75, 3.05) is 14.2 Å². The quantitative estimate of drug-likeness (QED) is 0.605. The van der Waals surface area contributed by atoms with E-state index < -0.39 is 0 Å². The molecule has 0 N–H and O–H groups in total. The number of ketones is 1. The van der Waals surface area contributed by atoms with E-state index in [4.69, 9.17) is 9.47 Å². The van der Waals surface area contributed by atoms with Crippen LogP contribution in [0.1, 0.15) is 23.0 Å². The number of carbonyl (C=O) groups is 1. The molecule has 1 aromatic carbocycles. The van der Waals surface area contributed by atoms with Crippen molar-refractivity contribution in [1.82, 2.24) is 9.78 Å². The Bertz CT molecular complexity index is 659. The smallest absolute Gasteiger partial charge is 0.206 e. The number of aromatic nitrogens is 2. The Balaban J connectivity index is 2.22. The lowest BCUT2D eigenvalue weighted by Crippen LogP contribution is -2.00. The van der Waals surface area contributed by atoms with E-state index in [0.29, 0.717) is 17.2 Å². The molecule has 2 aromatic rings. The highest BCUT2D eigenvalue weighted by atomic mass is 16.5. The number of benzene rings is 1. The summed E-state index contributed by atoms with van der Waals surface area (Å²) in [7, 11) is 3.15. The third kappa shape index (κ3) is 3.31. The molecule has 0 unspecified atom stereocenters. The largest absolute Gasteiger partial charge is 0.493 e. The van der Waals surface area contributed by atoms with Crippen LogP contribution >= 0.6 is 0 Å². The number of allylic oxidation sites excluding steroid dienone is 1. The van der Waals surface area contributed by atoms with Crippen molar-refractivity contribution in [2.24, 2.45) is 0 Å². The van der Waals surface area contributed by atoms with E-state index in [9.17, 15) is 4.79 Å². The average Bonchev–Trinajstić information content (AvgIpc) is 3.01. The molecule has 0 saturated heterocycles. The van der Waals surface area contributed by atoms with Crippen molar-refractivity contribution in [1.29, 1.82) is 0 Å². The van der Waals surface area contributed by atoms with Gasteiger partial charge in [0.2, 0.25) is 5.78 Å². The minimum Gasteiger partial charge on any atom is -0.493 e. The minimum absolute atomic E-state index is 0.146. The monoisotopic (exact) mass is 286 g/mol. The number of nitrogens with zero attached hydrogens (tertiary/aromatic N) is 2. The molecule has 0 atom stereocenters. The second-order valence-electron chi connectivity index (χ2n) is 4.34. The van der Waals surface area contributed by atoms with Crippen LogP contribution in [0.25, 0.3) is 6.08 Å². The van der Waals surface area contributed by atoms with E-state index in [-0.39, 0.29) is 5.78 Å². The Hall–Kier alpha value is -2.56. The molecule has 0 aliphatic heterocycles. The maximum atomic E-state index is 12.1. The molecule has 5 nitrogen and oxygen atoms in total. The molecule has 0 amide bonds. The Kier molecular flexibility index (Phi) is 4.77. The second-order valence-corrected chi connectivity index (χ2v) is 4.34. The maximum Gasteiger partial charge on any atom is 0.206 e. The lowest BCUT2D eigenvalue weighted by Gasteiger charge is -2.09. The van der Waals surface area contributed by atoms with Gasteiger partial charge in [0.25, 0.3) is 0 Å². The van der Waals surface area contributed by atoms with Crippen LogP contribution in [0.4, 0.5) is 0 Å². The fraction of sp³-hybridized carbons (Fsp3) is 0.250. The Morgan fingerprint density at radius 2 is 2.10 bits per heavy atom. The Morgan fingerprint density at radius 1 is 1.29 bits per heavy atom. The van der Waals surface area contributed by atoms with Gasteiger partial charge >= 0.3 is 0 Å². The number of methoxy groups -OCH3 is 2. The molecule has 0 bridgehead atoms. The van der Waals surface area contributed by atoms with Gasteiger partial charge in [-0.15, -0.1) is 0 Å². The first-order valence-corrected chi connectivity index (χ1v) is 6.66. The highest BCUT2D eigenvalue weighted by Gasteiger charge is 2.09. The molecule has 0 spiro atoms. The van der Waals surface area contributed by atoms with Crippen LogP contribution in [0.2, 0.25) is 0 Å². The number of rotatable bonds is 6. The van der Waals surface area contributed by atoms with E-state index in [0.717, 1.165) is 12.1 Å². The molecule has 0 aliphatic rings. The number of para-hydroxylation sites is 1. The van der Waals surface area contributed by atoms with E-state index in [1.807, 2.05) is 19.1 Å². The topological polar surface area (TPSA) is 53.4 Å². The van der Waals surface area contributed by atoms with Gasteiger partial charge in [-0.05, 0) is 31.2 Å². The van der Waals surface area contributed by atoms with Gasteiger partial charge in [-0.2, -0.15) is 5.10 Å². The first-order chi connectivity index (χ1) is 10.2. The van der Waals surface area contributed by atoms with Gasteiger partial charge in [-0.1, -0.05) is 12.1 Å². The predicted octanol–water partition coefficient (Wildman–Crippen LogP) is 2.82. The Morgan fingerprint density at radius 3 is 2.71 bits per heavy atom. The summed E-state index contributed by atoms with van der Waals surface area (Å²) in [5, 5.41) is 4.18. The van der Waals surface area contributed by atoms with Crippen molar-refractivity contribution in [3.05, 3.63) is 47.8 Å². The van der Waals surface area contributed by atoms with E-state index in [1.165, 1.54) is 6.08 Å². The number of aryl methyl sites for hydroxylation is 1. The summed E-state index contributed by atoms with van der Waals surface area (Å²) >= 11 is 0. The van der Waals surface area contributed by atoms with E-state index in [1.54, 1.807) is 43.3 Å².